The molecule has 200 valence electrons. The molecule has 0 saturated heterocycles. The van der Waals surface area contributed by atoms with Crippen molar-refractivity contribution in [3.05, 3.63) is 72.3 Å². The molecule has 4 aromatic rings. The van der Waals surface area contributed by atoms with Gasteiger partial charge in [0.1, 0.15) is 11.4 Å². The Kier molecular flexibility index (Phi) is 9.95. The molecule has 2 aromatic carbocycles. The zero-order chi connectivity index (χ0) is 28.3. The van der Waals surface area contributed by atoms with Gasteiger partial charge in [-0.05, 0) is 66.7 Å². The van der Waals surface area contributed by atoms with Gasteiger partial charge in [0.2, 0.25) is 0 Å². The second-order valence-electron chi connectivity index (χ2n) is 9.70. The van der Waals surface area contributed by atoms with Crippen LogP contribution in [-0.2, 0) is 17.6 Å². The van der Waals surface area contributed by atoms with Gasteiger partial charge in [-0.2, -0.15) is 0 Å². The lowest BCUT2D eigenvalue weighted by Gasteiger charge is -2.35. The number of hydrogen-bond donors (Lipinski definition) is 3. The van der Waals surface area contributed by atoms with Crippen LogP contribution < -0.4 is 11.5 Å². The minimum atomic E-state index is -1.76. The average Bonchev–Trinajstić information content (AvgIpc) is 3.54. The Labute approximate surface area is 221 Å². The highest BCUT2D eigenvalue weighted by Crippen LogP contribution is 2.36. The van der Waals surface area contributed by atoms with Crippen LogP contribution in [0, 0.1) is 0 Å². The molecule has 0 aliphatic heterocycles. The standard InChI is InChI=1S/C15H24N4OSi.C9H10N4O.C2H6/c1-15(2,3)21(4,5)20-11-13-10-19(18-17-13)14-8-6-12(16)7-9-14;10-7-1-3-9(4-2-7)13-5-8(6-14)11-12-13;1-2/h6-10H,11,16H2,1-5H3;1-5,14H,6,10H2;1-2H3/i;;1D. The lowest BCUT2D eigenvalue weighted by Crippen LogP contribution is -2.40. The summed E-state index contributed by atoms with van der Waals surface area (Å²) in [5, 5.41) is 24.9. The zero-order valence-electron chi connectivity index (χ0n) is 23.6. The first-order valence-electron chi connectivity index (χ1n) is 12.7. The number of hydrogen-bond acceptors (Lipinski definition) is 8. The van der Waals surface area contributed by atoms with Gasteiger partial charge >= 0.3 is 0 Å². The lowest BCUT2D eigenvalue weighted by atomic mass is 10.2. The third-order valence-electron chi connectivity index (χ3n) is 5.95. The molecule has 2 heterocycles. The number of nitrogen functional groups attached to an aromatic ring is 2. The number of nitrogens with zero attached hydrogens (tertiary/aromatic N) is 6. The maximum atomic E-state index is 8.81. The summed E-state index contributed by atoms with van der Waals surface area (Å²) in [6.07, 6.45) is 3.57. The van der Waals surface area contributed by atoms with Crippen molar-refractivity contribution in [1.82, 2.24) is 30.0 Å². The van der Waals surface area contributed by atoms with E-state index in [9.17, 15) is 0 Å². The van der Waals surface area contributed by atoms with Crippen LogP contribution in [0.25, 0.3) is 11.4 Å². The molecular formula is C26H40N8O2Si. The number of aliphatic hydroxyl groups is 1. The predicted molar refractivity (Wildman–Crippen MR) is 151 cm³/mol. The van der Waals surface area contributed by atoms with Crippen molar-refractivity contribution >= 4 is 19.7 Å². The number of rotatable bonds is 6. The average molecular weight is 526 g/mol. The van der Waals surface area contributed by atoms with Gasteiger partial charge in [-0.25, -0.2) is 9.36 Å². The molecule has 0 bridgehead atoms. The van der Waals surface area contributed by atoms with E-state index in [1.54, 1.807) is 34.6 Å². The number of anilines is 2. The van der Waals surface area contributed by atoms with Crippen LogP contribution in [0.4, 0.5) is 11.4 Å². The number of aromatic nitrogens is 6. The van der Waals surface area contributed by atoms with Crippen LogP contribution in [-0.4, -0.2) is 43.4 Å². The van der Waals surface area contributed by atoms with E-state index in [0.717, 1.165) is 22.8 Å². The fraction of sp³-hybridized carbons (Fsp3) is 0.385. The summed E-state index contributed by atoms with van der Waals surface area (Å²) >= 11 is 0. The van der Waals surface area contributed by atoms with Crippen molar-refractivity contribution in [1.29, 1.82) is 0 Å². The Morgan fingerprint density at radius 2 is 1.27 bits per heavy atom. The minimum absolute atomic E-state index is 0.102. The van der Waals surface area contributed by atoms with Crippen molar-refractivity contribution in [3.63, 3.8) is 0 Å². The molecule has 0 atom stereocenters. The Bertz CT molecular complexity index is 1240. The van der Waals surface area contributed by atoms with Crippen molar-refractivity contribution in [2.75, 3.05) is 11.5 Å². The zero-order valence-corrected chi connectivity index (χ0v) is 23.6. The second kappa shape index (κ2) is 13.1. The Morgan fingerprint density at radius 1 is 0.865 bits per heavy atom. The van der Waals surface area contributed by atoms with Crippen molar-refractivity contribution in [3.8, 4) is 11.4 Å². The van der Waals surface area contributed by atoms with Gasteiger partial charge in [0, 0.05) is 12.7 Å². The van der Waals surface area contributed by atoms with E-state index >= 15 is 0 Å². The van der Waals surface area contributed by atoms with Crippen LogP contribution in [0.2, 0.25) is 18.1 Å². The molecule has 10 nitrogen and oxygen atoms in total. The summed E-state index contributed by atoms with van der Waals surface area (Å²) < 4.78 is 15.7. The van der Waals surface area contributed by atoms with Crippen LogP contribution in [0.1, 0.15) is 47.4 Å². The summed E-state index contributed by atoms with van der Waals surface area (Å²) in [6.45, 7) is 13.8. The van der Waals surface area contributed by atoms with E-state index < -0.39 is 8.32 Å². The van der Waals surface area contributed by atoms with Crippen molar-refractivity contribution < 1.29 is 10.9 Å². The van der Waals surface area contributed by atoms with Gasteiger partial charge in [-0.1, -0.05) is 45.0 Å². The second-order valence-corrected chi connectivity index (χ2v) is 14.5. The molecule has 37 heavy (non-hydrogen) atoms. The molecule has 0 aliphatic rings. The molecule has 2 aromatic heterocycles. The topological polar surface area (TPSA) is 143 Å². The maximum absolute atomic E-state index is 8.81. The quantitative estimate of drug-likeness (QED) is 0.242. The SMILES string of the molecule is CC(C)(C)[Si](C)(C)OCc1cn(-c2ccc(N)cc2)nn1.Nc1ccc(-n2cc(CO)nn2)cc1.[2H]CC. The molecule has 4 rings (SSSR count). The van der Waals surface area contributed by atoms with E-state index in [-0.39, 0.29) is 11.6 Å². The Balaban J connectivity index is 0.000000257. The Morgan fingerprint density at radius 3 is 1.65 bits per heavy atom. The molecule has 0 radical (unpaired) electrons. The molecule has 11 heteroatoms. The summed E-state index contributed by atoms with van der Waals surface area (Å²) in [5.74, 6) is 0. The normalized spacial score (nSPS) is 11.6. The highest BCUT2D eigenvalue weighted by Gasteiger charge is 2.37. The fourth-order valence-electron chi connectivity index (χ4n) is 2.71. The predicted octanol–water partition coefficient (Wildman–Crippen LogP) is 4.74. The number of aliphatic hydroxyl groups excluding tert-OH is 1. The van der Waals surface area contributed by atoms with Gasteiger partial charge in [-0.15, -0.1) is 10.2 Å². The monoisotopic (exact) mass is 525 g/mol. The first kappa shape index (κ1) is 28.0. The van der Waals surface area contributed by atoms with Crippen molar-refractivity contribution in [2.45, 2.75) is 65.9 Å². The molecule has 0 unspecified atom stereocenters. The van der Waals surface area contributed by atoms with E-state index in [0.29, 0.717) is 24.9 Å². The molecule has 0 fully saturated rings. The van der Waals surface area contributed by atoms with E-state index in [4.69, 9.17) is 22.4 Å². The van der Waals surface area contributed by atoms with Gasteiger partial charge in [0.15, 0.2) is 8.32 Å². The van der Waals surface area contributed by atoms with E-state index in [1.807, 2.05) is 42.6 Å². The molecule has 0 amide bonds. The Hall–Kier alpha value is -3.54. The first-order valence-corrected chi connectivity index (χ1v) is 14.9. The lowest BCUT2D eigenvalue weighted by molar-refractivity contribution is 0.272. The van der Waals surface area contributed by atoms with E-state index in [2.05, 4.69) is 54.5 Å². The van der Waals surface area contributed by atoms with Gasteiger partial charge in [0.25, 0.3) is 0 Å². The van der Waals surface area contributed by atoms with Gasteiger partial charge in [-0.3, -0.25) is 0 Å². The van der Waals surface area contributed by atoms with Crippen molar-refractivity contribution in [2.24, 2.45) is 0 Å². The summed E-state index contributed by atoms with van der Waals surface area (Å²) in [7, 11) is -1.76. The van der Waals surface area contributed by atoms with Crippen LogP contribution >= 0.6 is 0 Å². The minimum Gasteiger partial charge on any atom is -0.411 e. The molecule has 5 N–H and O–H groups in total. The number of benzene rings is 2. The number of nitrogens with two attached hydrogens (primary N) is 2. The third kappa shape index (κ3) is 8.52. The molecule has 0 saturated carbocycles. The smallest absolute Gasteiger partial charge is 0.192 e. The molecule has 0 spiro atoms. The first-order chi connectivity index (χ1) is 17.9. The highest BCUT2D eigenvalue weighted by molar-refractivity contribution is 6.74. The summed E-state index contributed by atoms with van der Waals surface area (Å²) in [5.41, 5.74) is 15.9. The largest absolute Gasteiger partial charge is 0.411 e. The van der Waals surface area contributed by atoms with Crippen LogP contribution in [0.3, 0.4) is 0 Å². The maximum Gasteiger partial charge on any atom is 0.192 e. The third-order valence-corrected chi connectivity index (χ3v) is 10.4. The summed E-state index contributed by atoms with van der Waals surface area (Å²) in [4.78, 5) is 0. The van der Waals surface area contributed by atoms with E-state index in [1.165, 1.54) is 0 Å². The van der Waals surface area contributed by atoms with Gasteiger partial charge < -0.3 is 21.0 Å². The molecule has 0 aliphatic carbocycles. The highest BCUT2D eigenvalue weighted by atomic mass is 28.4. The molecular weight excluding hydrogens is 484 g/mol. The van der Waals surface area contributed by atoms with Gasteiger partial charge in [0.05, 0.1) is 37.0 Å². The van der Waals surface area contributed by atoms with Crippen LogP contribution in [0.5, 0.6) is 0 Å². The fourth-order valence-corrected chi connectivity index (χ4v) is 3.65. The summed E-state index contributed by atoms with van der Waals surface area (Å²) in [6, 6.07) is 14.8. The van der Waals surface area contributed by atoms with Crippen LogP contribution in [0.15, 0.2) is 60.9 Å².